The van der Waals surface area contributed by atoms with Crippen molar-refractivity contribution in [2.45, 2.75) is 52.0 Å². The van der Waals surface area contributed by atoms with Crippen molar-refractivity contribution in [3.63, 3.8) is 0 Å². The Morgan fingerprint density at radius 2 is 1.76 bits per heavy atom. The molecule has 1 aromatic heterocycles. The smallest absolute Gasteiger partial charge is 0.279 e. The van der Waals surface area contributed by atoms with Crippen LogP contribution in [-0.4, -0.2) is 36.3 Å². The van der Waals surface area contributed by atoms with Crippen LogP contribution in [0, 0.1) is 18.8 Å². The van der Waals surface area contributed by atoms with Gasteiger partial charge in [-0.3, -0.25) is 4.79 Å². The molecule has 0 aliphatic carbocycles. The standard InChI is InChI=1S/C25H31N3O3S2/c1-5-12-28-22-11-6-17(2)14-23(22)32-25(28)26-24(29)20-7-9-21(10-8-20)33(30,31)27-15-18(3)13-19(4)16-27/h6-11,14,18-19H,5,12-13,15-16H2,1-4H3. The number of fused-ring (bicyclic) bond motifs is 1. The van der Waals surface area contributed by atoms with Gasteiger partial charge in [0.25, 0.3) is 5.91 Å². The van der Waals surface area contributed by atoms with E-state index in [1.807, 2.05) is 6.92 Å². The number of carbonyl (C=O) groups is 1. The van der Waals surface area contributed by atoms with Crippen LogP contribution in [0.4, 0.5) is 0 Å². The number of benzene rings is 2. The van der Waals surface area contributed by atoms with E-state index in [1.165, 1.54) is 29.0 Å². The summed E-state index contributed by atoms with van der Waals surface area (Å²) in [5.41, 5.74) is 2.62. The summed E-state index contributed by atoms with van der Waals surface area (Å²) >= 11 is 1.50. The molecule has 176 valence electrons. The lowest BCUT2D eigenvalue weighted by Crippen LogP contribution is -2.42. The van der Waals surface area contributed by atoms with Gasteiger partial charge >= 0.3 is 0 Å². The molecule has 1 aliphatic heterocycles. The van der Waals surface area contributed by atoms with Crippen molar-refractivity contribution in [1.29, 1.82) is 0 Å². The van der Waals surface area contributed by atoms with Crippen molar-refractivity contribution in [3.05, 3.63) is 58.4 Å². The van der Waals surface area contributed by atoms with E-state index < -0.39 is 10.0 Å². The Balaban J connectivity index is 1.63. The molecule has 2 atom stereocenters. The van der Waals surface area contributed by atoms with E-state index in [0.29, 0.717) is 35.3 Å². The van der Waals surface area contributed by atoms with E-state index in [-0.39, 0.29) is 10.8 Å². The average Bonchev–Trinajstić information content (AvgIpc) is 3.09. The second-order valence-electron chi connectivity index (χ2n) is 9.22. The zero-order chi connectivity index (χ0) is 23.8. The lowest BCUT2D eigenvalue weighted by molar-refractivity contribution is 0.0997. The Morgan fingerprint density at radius 3 is 2.39 bits per heavy atom. The maximum absolute atomic E-state index is 13.1. The third-order valence-electron chi connectivity index (χ3n) is 6.06. The molecule has 2 unspecified atom stereocenters. The predicted molar refractivity (Wildman–Crippen MR) is 133 cm³/mol. The lowest BCUT2D eigenvalue weighted by atomic mass is 9.94. The van der Waals surface area contributed by atoms with E-state index in [0.717, 1.165) is 29.6 Å². The number of hydrogen-bond acceptors (Lipinski definition) is 4. The lowest BCUT2D eigenvalue weighted by Gasteiger charge is -2.34. The van der Waals surface area contributed by atoms with Gasteiger partial charge in [0.1, 0.15) is 0 Å². The van der Waals surface area contributed by atoms with E-state index >= 15 is 0 Å². The predicted octanol–water partition coefficient (Wildman–Crippen LogP) is 4.83. The molecule has 1 aliphatic rings. The topological polar surface area (TPSA) is 71.7 Å². The van der Waals surface area contributed by atoms with Gasteiger partial charge in [-0.15, -0.1) is 0 Å². The van der Waals surface area contributed by atoms with Crippen LogP contribution >= 0.6 is 11.3 Å². The molecular weight excluding hydrogens is 454 g/mol. The average molecular weight is 486 g/mol. The van der Waals surface area contributed by atoms with Gasteiger partial charge in [-0.05, 0) is 73.6 Å². The molecule has 0 radical (unpaired) electrons. The van der Waals surface area contributed by atoms with Gasteiger partial charge < -0.3 is 4.57 Å². The number of thiazole rings is 1. The van der Waals surface area contributed by atoms with Gasteiger partial charge in [-0.25, -0.2) is 8.42 Å². The highest BCUT2D eigenvalue weighted by atomic mass is 32.2. The molecule has 4 rings (SSSR count). The first-order valence-electron chi connectivity index (χ1n) is 11.5. The summed E-state index contributed by atoms with van der Waals surface area (Å²) in [5.74, 6) is 0.304. The highest BCUT2D eigenvalue weighted by Crippen LogP contribution is 2.27. The van der Waals surface area contributed by atoms with Crippen LogP contribution in [-0.2, 0) is 16.6 Å². The Labute approximate surface area is 199 Å². The molecule has 8 heteroatoms. The minimum atomic E-state index is -3.58. The second-order valence-corrected chi connectivity index (χ2v) is 12.2. The summed E-state index contributed by atoms with van der Waals surface area (Å²) in [6, 6.07) is 12.4. The molecule has 0 saturated carbocycles. The van der Waals surface area contributed by atoms with Crippen LogP contribution in [0.5, 0.6) is 0 Å². The number of aromatic nitrogens is 1. The zero-order valence-electron chi connectivity index (χ0n) is 19.6. The summed E-state index contributed by atoms with van der Waals surface area (Å²) in [6.45, 7) is 10.2. The largest absolute Gasteiger partial charge is 0.316 e. The van der Waals surface area contributed by atoms with E-state index in [4.69, 9.17) is 0 Å². The fourth-order valence-corrected chi connectivity index (χ4v) is 7.41. The Kier molecular flexibility index (Phi) is 6.88. The number of hydrogen-bond donors (Lipinski definition) is 0. The van der Waals surface area contributed by atoms with Crippen molar-refractivity contribution in [3.8, 4) is 0 Å². The zero-order valence-corrected chi connectivity index (χ0v) is 21.2. The van der Waals surface area contributed by atoms with Crippen LogP contribution in [0.1, 0.15) is 49.5 Å². The summed E-state index contributed by atoms with van der Waals surface area (Å²) in [6.07, 6.45) is 1.97. The highest BCUT2D eigenvalue weighted by Gasteiger charge is 2.31. The van der Waals surface area contributed by atoms with Crippen LogP contribution in [0.25, 0.3) is 10.2 Å². The first-order chi connectivity index (χ1) is 15.7. The Morgan fingerprint density at radius 1 is 1.09 bits per heavy atom. The van der Waals surface area contributed by atoms with Gasteiger partial charge in [0.2, 0.25) is 10.0 Å². The third-order valence-corrected chi connectivity index (χ3v) is 8.94. The number of amides is 1. The fourth-order valence-electron chi connectivity index (χ4n) is 4.58. The minimum Gasteiger partial charge on any atom is -0.316 e. The van der Waals surface area contributed by atoms with Gasteiger partial charge in [0.05, 0.1) is 15.1 Å². The molecule has 1 amide bonds. The first kappa shape index (κ1) is 23.9. The number of rotatable bonds is 5. The molecule has 2 heterocycles. The summed E-state index contributed by atoms with van der Waals surface area (Å²) in [5, 5.41) is 0. The molecule has 0 N–H and O–H groups in total. The summed E-state index contributed by atoms with van der Waals surface area (Å²) in [4.78, 5) is 18.2. The molecule has 3 aromatic rings. The summed E-state index contributed by atoms with van der Waals surface area (Å²) in [7, 11) is -3.58. The maximum Gasteiger partial charge on any atom is 0.279 e. The molecule has 2 aromatic carbocycles. The molecular formula is C25H31N3O3S2. The second kappa shape index (κ2) is 9.52. The number of sulfonamides is 1. The molecule has 1 fully saturated rings. The molecule has 6 nitrogen and oxygen atoms in total. The highest BCUT2D eigenvalue weighted by molar-refractivity contribution is 7.89. The Bertz CT molecular complexity index is 1330. The van der Waals surface area contributed by atoms with Crippen LogP contribution < -0.4 is 4.80 Å². The number of aryl methyl sites for hydroxylation is 2. The monoisotopic (exact) mass is 485 g/mol. The van der Waals surface area contributed by atoms with Gasteiger partial charge in [-0.2, -0.15) is 9.30 Å². The van der Waals surface area contributed by atoms with Gasteiger partial charge in [0.15, 0.2) is 4.80 Å². The van der Waals surface area contributed by atoms with Crippen molar-refractivity contribution >= 4 is 37.5 Å². The van der Waals surface area contributed by atoms with E-state index in [9.17, 15) is 13.2 Å². The molecule has 0 spiro atoms. The SMILES string of the molecule is CCCn1c(=NC(=O)c2ccc(S(=O)(=O)N3CC(C)CC(C)C3)cc2)sc2cc(C)ccc21. The first-order valence-corrected chi connectivity index (χ1v) is 13.7. The van der Waals surface area contributed by atoms with Crippen molar-refractivity contribution in [2.75, 3.05) is 13.1 Å². The molecule has 33 heavy (non-hydrogen) atoms. The van der Waals surface area contributed by atoms with Crippen molar-refractivity contribution in [1.82, 2.24) is 8.87 Å². The number of carbonyl (C=O) groups excluding carboxylic acids is 1. The third kappa shape index (κ3) is 4.98. The Hall–Kier alpha value is -2.29. The minimum absolute atomic E-state index is 0.221. The van der Waals surface area contributed by atoms with Crippen LogP contribution in [0.3, 0.4) is 0 Å². The quantitative estimate of drug-likeness (QED) is 0.520. The fraction of sp³-hybridized carbons (Fsp3) is 0.440. The van der Waals surface area contributed by atoms with Crippen molar-refractivity contribution < 1.29 is 13.2 Å². The van der Waals surface area contributed by atoms with E-state index in [2.05, 4.69) is 48.5 Å². The van der Waals surface area contributed by atoms with E-state index in [1.54, 1.807) is 16.4 Å². The normalized spacial score (nSPS) is 20.4. The van der Waals surface area contributed by atoms with Crippen LogP contribution in [0.15, 0.2) is 52.4 Å². The number of nitrogens with zero attached hydrogens (tertiary/aromatic N) is 3. The maximum atomic E-state index is 13.1. The summed E-state index contributed by atoms with van der Waals surface area (Å²) < 4.78 is 31.0. The van der Waals surface area contributed by atoms with Gasteiger partial charge in [-0.1, -0.05) is 38.2 Å². The molecule has 1 saturated heterocycles. The van der Waals surface area contributed by atoms with Gasteiger partial charge in [0, 0.05) is 25.2 Å². The van der Waals surface area contributed by atoms with Crippen LogP contribution in [0.2, 0.25) is 0 Å². The molecule has 0 bridgehead atoms. The number of piperidine rings is 1. The van der Waals surface area contributed by atoms with Crippen molar-refractivity contribution in [2.24, 2.45) is 16.8 Å².